The standard InChI is InChI=1S/C23H31N5O2/c1-4-12-26-22(30)20-10-6-8-18(15-20)16-28-23(25-3)27-13-11-17-7-5-9-19(14-17)21(29)24-2/h5-10,14-15H,4,11-13,16H2,1-3H3,(H,24,29)(H,26,30)(H2,25,27,28). The second-order valence-electron chi connectivity index (χ2n) is 6.84. The minimum atomic E-state index is -0.0899. The van der Waals surface area contributed by atoms with Crippen molar-refractivity contribution in [2.24, 2.45) is 4.99 Å². The summed E-state index contributed by atoms with van der Waals surface area (Å²) >= 11 is 0. The fraction of sp³-hybridized carbons (Fsp3) is 0.348. The Kier molecular flexibility index (Phi) is 9.37. The second-order valence-corrected chi connectivity index (χ2v) is 6.84. The highest BCUT2D eigenvalue weighted by atomic mass is 16.2. The molecule has 0 bridgehead atoms. The molecule has 0 aliphatic heterocycles. The normalized spacial score (nSPS) is 11.0. The number of aliphatic imine (C=N–C) groups is 1. The number of amides is 2. The Labute approximate surface area is 178 Å². The van der Waals surface area contributed by atoms with Crippen molar-refractivity contribution in [2.75, 3.05) is 27.2 Å². The molecule has 2 aromatic rings. The zero-order valence-corrected chi connectivity index (χ0v) is 17.9. The summed E-state index contributed by atoms with van der Waals surface area (Å²) in [5, 5.41) is 12.1. The zero-order valence-electron chi connectivity index (χ0n) is 17.9. The lowest BCUT2D eigenvalue weighted by Crippen LogP contribution is -2.37. The van der Waals surface area contributed by atoms with Crippen LogP contribution in [-0.4, -0.2) is 45.0 Å². The van der Waals surface area contributed by atoms with Crippen LogP contribution in [0.15, 0.2) is 53.5 Å². The Hall–Kier alpha value is -3.35. The number of nitrogens with one attached hydrogen (secondary N) is 4. The van der Waals surface area contributed by atoms with Crippen LogP contribution in [0.5, 0.6) is 0 Å². The number of guanidine groups is 1. The zero-order chi connectivity index (χ0) is 21.8. The summed E-state index contributed by atoms with van der Waals surface area (Å²) in [6.45, 7) is 3.93. The molecule has 160 valence electrons. The fourth-order valence-corrected chi connectivity index (χ4v) is 2.91. The van der Waals surface area contributed by atoms with Crippen molar-refractivity contribution in [2.45, 2.75) is 26.3 Å². The van der Waals surface area contributed by atoms with Gasteiger partial charge in [-0.15, -0.1) is 0 Å². The molecule has 0 saturated heterocycles. The topological polar surface area (TPSA) is 94.6 Å². The van der Waals surface area contributed by atoms with E-state index < -0.39 is 0 Å². The van der Waals surface area contributed by atoms with Gasteiger partial charge in [0.25, 0.3) is 11.8 Å². The van der Waals surface area contributed by atoms with Crippen LogP contribution >= 0.6 is 0 Å². The fourth-order valence-electron chi connectivity index (χ4n) is 2.91. The van der Waals surface area contributed by atoms with Gasteiger partial charge in [-0.3, -0.25) is 14.6 Å². The maximum absolute atomic E-state index is 12.1. The molecule has 7 heteroatoms. The molecule has 30 heavy (non-hydrogen) atoms. The number of nitrogens with zero attached hydrogens (tertiary/aromatic N) is 1. The molecule has 4 N–H and O–H groups in total. The molecule has 2 amide bonds. The van der Waals surface area contributed by atoms with E-state index in [-0.39, 0.29) is 11.8 Å². The van der Waals surface area contributed by atoms with E-state index in [9.17, 15) is 9.59 Å². The molecule has 0 spiro atoms. The van der Waals surface area contributed by atoms with Gasteiger partial charge in [0, 0.05) is 44.9 Å². The van der Waals surface area contributed by atoms with E-state index in [0.717, 1.165) is 24.0 Å². The molecule has 0 fully saturated rings. The van der Waals surface area contributed by atoms with Crippen LogP contribution in [0.4, 0.5) is 0 Å². The van der Waals surface area contributed by atoms with Gasteiger partial charge in [0.2, 0.25) is 0 Å². The molecule has 7 nitrogen and oxygen atoms in total. The first kappa shape index (κ1) is 22.9. The van der Waals surface area contributed by atoms with E-state index in [1.54, 1.807) is 20.2 Å². The van der Waals surface area contributed by atoms with Crippen molar-refractivity contribution >= 4 is 17.8 Å². The first-order valence-electron chi connectivity index (χ1n) is 10.2. The predicted octanol–water partition coefficient (Wildman–Crippen LogP) is 2.09. The molecule has 0 aromatic heterocycles. The van der Waals surface area contributed by atoms with Crippen molar-refractivity contribution in [3.8, 4) is 0 Å². The number of carbonyl (C=O) groups excluding carboxylic acids is 2. The molecule has 0 heterocycles. The summed E-state index contributed by atoms with van der Waals surface area (Å²) in [5.74, 6) is 0.534. The summed E-state index contributed by atoms with van der Waals surface area (Å²) < 4.78 is 0. The average Bonchev–Trinajstić information content (AvgIpc) is 2.79. The van der Waals surface area contributed by atoms with E-state index in [0.29, 0.717) is 36.7 Å². The third kappa shape index (κ3) is 7.24. The van der Waals surface area contributed by atoms with Crippen molar-refractivity contribution in [3.05, 3.63) is 70.8 Å². The average molecular weight is 410 g/mol. The van der Waals surface area contributed by atoms with Crippen molar-refractivity contribution < 1.29 is 9.59 Å². The van der Waals surface area contributed by atoms with E-state index in [4.69, 9.17) is 0 Å². The number of hydrogen-bond acceptors (Lipinski definition) is 3. The third-order valence-electron chi connectivity index (χ3n) is 4.53. The van der Waals surface area contributed by atoms with Crippen molar-refractivity contribution in [1.29, 1.82) is 0 Å². The van der Waals surface area contributed by atoms with Gasteiger partial charge in [-0.2, -0.15) is 0 Å². The Morgan fingerprint density at radius 1 is 0.867 bits per heavy atom. The van der Waals surface area contributed by atoms with Gasteiger partial charge >= 0.3 is 0 Å². The lowest BCUT2D eigenvalue weighted by atomic mass is 10.1. The SMILES string of the molecule is CCCNC(=O)c1cccc(CNC(=NC)NCCc2cccc(C(=O)NC)c2)c1. The van der Waals surface area contributed by atoms with E-state index in [2.05, 4.69) is 26.3 Å². The molecular formula is C23H31N5O2. The first-order chi connectivity index (χ1) is 14.6. The highest BCUT2D eigenvalue weighted by molar-refractivity contribution is 5.94. The molecule has 0 saturated carbocycles. The van der Waals surface area contributed by atoms with E-state index in [1.807, 2.05) is 49.4 Å². The highest BCUT2D eigenvalue weighted by Gasteiger charge is 2.06. The number of hydrogen-bond donors (Lipinski definition) is 4. The first-order valence-corrected chi connectivity index (χ1v) is 10.2. The molecule has 0 unspecified atom stereocenters. The quantitative estimate of drug-likeness (QED) is 0.377. The highest BCUT2D eigenvalue weighted by Crippen LogP contribution is 2.07. The Morgan fingerprint density at radius 3 is 2.20 bits per heavy atom. The molecule has 0 aliphatic rings. The van der Waals surface area contributed by atoms with Crippen LogP contribution in [0.1, 0.15) is 45.2 Å². The van der Waals surface area contributed by atoms with Crippen molar-refractivity contribution in [3.63, 3.8) is 0 Å². The molecule has 0 atom stereocenters. The van der Waals surface area contributed by atoms with Gasteiger partial charge in [0.05, 0.1) is 0 Å². The molecule has 2 rings (SSSR count). The minimum absolute atomic E-state index is 0.0554. The predicted molar refractivity (Wildman–Crippen MR) is 121 cm³/mol. The Morgan fingerprint density at radius 2 is 1.53 bits per heavy atom. The number of benzene rings is 2. The molecular weight excluding hydrogens is 378 g/mol. The van der Waals surface area contributed by atoms with Crippen LogP contribution in [0.2, 0.25) is 0 Å². The van der Waals surface area contributed by atoms with Crippen LogP contribution in [0, 0.1) is 0 Å². The van der Waals surface area contributed by atoms with E-state index in [1.165, 1.54) is 0 Å². The number of carbonyl (C=O) groups is 2. The summed E-state index contributed by atoms with van der Waals surface area (Å²) in [5.41, 5.74) is 3.38. The smallest absolute Gasteiger partial charge is 0.251 e. The van der Waals surface area contributed by atoms with Gasteiger partial charge < -0.3 is 21.3 Å². The number of rotatable bonds is 9. The van der Waals surface area contributed by atoms with Gasteiger partial charge in [-0.25, -0.2) is 0 Å². The van der Waals surface area contributed by atoms with E-state index >= 15 is 0 Å². The molecule has 2 aromatic carbocycles. The van der Waals surface area contributed by atoms with Gasteiger partial charge in [0.1, 0.15) is 0 Å². The van der Waals surface area contributed by atoms with Gasteiger partial charge in [-0.1, -0.05) is 31.2 Å². The summed E-state index contributed by atoms with van der Waals surface area (Å²) in [6.07, 6.45) is 1.67. The second kappa shape index (κ2) is 12.3. The Bertz CT molecular complexity index is 879. The largest absolute Gasteiger partial charge is 0.356 e. The Balaban J connectivity index is 1.84. The lowest BCUT2D eigenvalue weighted by molar-refractivity contribution is 0.0949. The monoisotopic (exact) mass is 409 g/mol. The maximum atomic E-state index is 12.1. The molecule has 0 radical (unpaired) electrons. The van der Waals surface area contributed by atoms with Crippen LogP contribution in [0.25, 0.3) is 0 Å². The minimum Gasteiger partial charge on any atom is -0.356 e. The van der Waals surface area contributed by atoms with Crippen LogP contribution in [0.3, 0.4) is 0 Å². The maximum Gasteiger partial charge on any atom is 0.251 e. The summed E-state index contributed by atoms with van der Waals surface area (Å²) in [4.78, 5) is 28.1. The lowest BCUT2D eigenvalue weighted by Gasteiger charge is -2.13. The van der Waals surface area contributed by atoms with Crippen LogP contribution in [-0.2, 0) is 13.0 Å². The van der Waals surface area contributed by atoms with Crippen molar-refractivity contribution in [1.82, 2.24) is 21.3 Å². The summed E-state index contributed by atoms with van der Waals surface area (Å²) in [6, 6.07) is 15.1. The van der Waals surface area contributed by atoms with Gasteiger partial charge in [0.15, 0.2) is 5.96 Å². The van der Waals surface area contributed by atoms with Gasteiger partial charge in [-0.05, 0) is 48.2 Å². The van der Waals surface area contributed by atoms with Crippen LogP contribution < -0.4 is 21.3 Å². The third-order valence-corrected chi connectivity index (χ3v) is 4.53. The molecule has 0 aliphatic carbocycles. The summed E-state index contributed by atoms with van der Waals surface area (Å²) in [7, 11) is 3.34.